The molecule has 32 heavy (non-hydrogen) atoms. The zero-order chi connectivity index (χ0) is 22.5. The number of carbonyl (C=O) groups is 2. The Morgan fingerprint density at radius 1 is 1.16 bits per heavy atom. The third-order valence-corrected chi connectivity index (χ3v) is 5.63. The molecular formula is C23H27N5O4. The van der Waals surface area contributed by atoms with Crippen LogP contribution in [0, 0.1) is 0 Å². The Balaban J connectivity index is 1.27. The van der Waals surface area contributed by atoms with Gasteiger partial charge in [-0.25, -0.2) is 10.4 Å². The average Bonchev–Trinajstić information content (AvgIpc) is 3.27. The number of methoxy groups -OCH3 is 2. The maximum Gasteiger partial charge on any atom is 0.267 e. The number of fused-ring (bicyclic) bond motifs is 1. The van der Waals surface area contributed by atoms with Gasteiger partial charge in [0.2, 0.25) is 5.91 Å². The largest absolute Gasteiger partial charge is 0.493 e. The number of hydrogen-bond donors (Lipinski definition) is 2. The number of carbonyl (C=O) groups excluding carboxylic acids is 2. The van der Waals surface area contributed by atoms with E-state index in [1.165, 1.54) is 5.01 Å². The van der Waals surface area contributed by atoms with E-state index in [1.54, 1.807) is 25.6 Å². The van der Waals surface area contributed by atoms with Crippen molar-refractivity contribution in [1.82, 2.24) is 20.8 Å². The number of nitrogens with zero attached hydrogens (tertiary/aromatic N) is 3. The van der Waals surface area contributed by atoms with Crippen molar-refractivity contribution >= 4 is 18.2 Å². The molecule has 2 aliphatic rings. The van der Waals surface area contributed by atoms with Crippen LogP contribution < -0.4 is 20.2 Å². The van der Waals surface area contributed by atoms with E-state index >= 15 is 0 Å². The van der Waals surface area contributed by atoms with E-state index in [2.05, 4.69) is 15.8 Å². The van der Waals surface area contributed by atoms with Gasteiger partial charge in [0, 0.05) is 6.54 Å². The van der Waals surface area contributed by atoms with Crippen molar-refractivity contribution in [1.29, 1.82) is 0 Å². The number of amides is 2. The Morgan fingerprint density at radius 2 is 1.94 bits per heavy atom. The number of hydrazine groups is 1. The van der Waals surface area contributed by atoms with Gasteiger partial charge in [-0.1, -0.05) is 36.4 Å². The zero-order valence-corrected chi connectivity index (χ0v) is 18.2. The summed E-state index contributed by atoms with van der Waals surface area (Å²) in [6.07, 6.45) is 2.82. The summed E-state index contributed by atoms with van der Waals surface area (Å²) in [6.45, 7) is 0.328. The molecule has 2 aromatic carbocycles. The fourth-order valence-corrected chi connectivity index (χ4v) is 3.93. The highest BCUT2D eigenvalue weighted by atomic mass is 16.5. The molecule has 2 unspecified atom stereocenters. The first kappa shape index (κ1) is 21.6. The van der Waals surface area contributed by atoms with Gasteiger partial charge < -0.3 is 14.8 Å². The summed E-state index contributed by atoms with van der Waals surface area (Å²) < 4.78 is 10.5. The Bertz CT molecular complexity index is 997. The van der Waals surface area contributed by atoms with Crippen molar-refractivity contribution in [2.24, 2.45) is 5.10 Å². The van der Waals surface area contributed by atoms with Gasteiger partial charge in [0.1, 0.15) is 18.9 Å². The van der Waals surface area contributed by atoms with Crippen LogP contribution in [-0.4, -0.2) is 61.5 Å². The van der Waals surface area contributed by atoms with Gasteiger partial charge in [-0.3, -0.25) is 14.6 Å². The van der Waals surface area contributed by atoms with E-state index in [0.29, 0.717) is 30.9 Å². The summed E-state index contributed by atoms with van der Waals surface area (Å²) >= 11 is 0. The quantitative estimate of drug-likeness (QED) is 0.650. The Hall–Kier alpha value is -3.59. The molecule has 1 fully saturated rings. The average molecular weight is 438 g/mol. The number of nitrogens with one attached hydrogen (secondary N) is 2. The van der Waals surface area contributed by atoms with Crippen molar-refractivity contribution in [3.63, 3.8) is 0 Å². The predicted molar refractivity (Wildman–Crippen MR) is 119 cm³/mol. The first-order chi connectivity index (χ1) is 15.6. The van der Waals surface area contributed by atoms with Crippen molar-refractivity contribution in [3.05, 3.63) is 59.7 Å². The van der Waals surface area contributed by atoms with E-state index < -0.39 is 0 Å². The molecule has 2 N–H and O–H groups in total. The zero-order valence-electron chi connectivity index (χ0n) is 18.2. The summed E-state index contributed by atoms with van der Waals surface area (Å²) in [4.78, 5) is 25.3. The third-order valence-electron chi connectivity index (χ3n) is 5.63. The Labute approximate surface area is 186 Å². The van der Waals surface area contributed by atoms with E-state index in [1.807, 2.05) is 48.5 Å². The first-order valence-corrected chi connectivity index (χ1v) is 10.5. The first-order valence-electron chi connectivity index (χ1n) is 10.5. The maximum absolute atomic E-state index is 12.9. The summed E-state index contributed by atoms with van der Waals surface area (Å²) in [5.41, 5.74) is 5.42. The van der Waals surface area contributed by atoms with Gasteiger partial charge in [0.25, 0.3) is 5.91 Å². The molecule has 1 saturated heterocycles. The van der Waals surface area contributed by atoms with Crippen LogP contribution in [0.4, 0.5) is 0 Å². The van der Waals surface area contributed by atoms with Gasteiger partial charge in [-0.15, -0.1) is 0 Å². The van der Waals surface area contributed by atoms with Crippen molar-refractivity contribution < 1.29 is 19.1 Å². The highest BCUT2D eigenvalue weighted by Gasteiger charge is 2.41. The molecule has 168 valence electrons. The van der Waals surface area contributed by atoms with Crippen LogP contribution in [0.1, 0.15) is 23.6 Å². The molecule has 2 aromatic rings. The second-order valence-electron chi connectivity index (χ2n) is 7.67. The molecular weight excluding hydrogens is 410 g/mol. The number of benzene rings is 2. The van der Waals surface area contributed by atoms with Gasteiger partial charge in [0.05, 0.1) is 20.3 Å². The summed E-state index contributed by atoms with van der Waals surface area (Å²) in [6, 6.07) is 15.3. The lowest BCUT2D eigenvalue weighted by Gasteiger charge is -2.29. The monoisotopic (exact) mass is 437 g/mol. The lowest BCUT2D eigenvalue weighted by molar-refractivity contribution is -0.140. The second-order valence-corrected chi connectivity index (χ2v) is 7.67. The topological polar surface area (TPSA) is 95.5 Å². The molecule has 2 heterocycles. The number of ether oxygens (including phenoxy) is 2. The predicted octanol–water partition coefficient (Wildman–Crippen LogP) is 1.47. The van der Waals surface area contributed by atoms with E-state index in [-0.39, 0.29) is 30.4 Å². The lowest BCUT2D eigenvalue weighted by Crippen LogP contribution is -2.52. The van der Waals surface area contributed by atoms with E-state index in [4.69, 9.17) is 9.47 Å². The Morgan fingerprint density at radius 3 is 2.69 bits per heavy atom. The van der Waals surface area contributed by atoms with Crippen LogP contribution in [-0.2, 0) is 16.0 Å². The van der Waals surface area contributed by atoms with E-state index in [0.717, 1.165) is 11.1 Å². The molecule has 0 radical (unpaired) electrons. The smallest absolute Gasteiger partial charge is 0.267 e. The summed E-state index contributed by atoms with van der Waals surface area (Å²) in [5.74, 6) is 0.864. The molecule has 9 nitrogen and oxygen atoms in total. The third kappa shape index (κ3) is 4.67. The lowest BCUT2D eigenvalue weighted by atomic mass is 10.0. The van der Waals surface area contributed by atoms with Crippen LogP contribution in [0.25, 0.3) is 0 Å². The van der Waals surface area contributed by atoms with Crippen LogP contribution in [0.5, 0.6) is 11.5 Å². The minimum atomic E-state index is -0.378. The number of rotatable bonds is 8. The molecule has 0 saturated carbocycles. The van der Waals surface area contributed by atoms with Gasteiger partial charge in [-0.05, 0) is 36.1 Å². The molecule has 2 atom stereocenters. The molecule has 9 heteroatoms. The van der Waals surface area contributed by atoms with Gasteiger partial charge >= 0.3 is 0 Å². The highest BCUT2D eigenvalue weighted by Crippen LogP contribution is 2.29. The fraction of sp³-hybridized carbons (Fsp3) is 0.348. The van der Waals surface area contributed by atoms with E-state index in [9.17, 15) is 9.59 Å². The minimum Gasteiger partial charge on any atom is -0.493 e. The molecule has 0 spiro atoms. The normalized spacial score (nSPS) is 19.6. The SMILES string of the molecule is COc1ccc(CCNC(=O)CN2N=CN3NC(c4ccccc4)CC3C2=O)cc1OC. The van der Waals surface area contributed by atoms with Crippen molar-refractivity contribution in [3.8, 4) is 11.5 Å². The molecule has 0 aromatic heterocycles. The molecule has 4 rings (SSSR count). The highest BCUT2D eigenvalue weighted by molar-refractivity contribution is 5.91. The molecule has 0 aliphatic carbocycles. The maximum atomic E-state index is 12.9. The summed E-state index contributed by atoms with van der Waals surface area (Å²) in [7, 11) is 3.17. The van der Waals surface area contributed by atoms with Gasteiger partial charge in [-0.2, -0.15) is 5.10 Å². The van der Waals surface area contributed by atoms with Crippen LogP contribution in [0.3, 0.4) is 0 Å². The second kappa shape index (κ2) is 9.69. The standard InChI is InChI=1S/C23H27N5O4/c1-31-20-9-8-16(12-21(20)32-2)10-11-24-22(29)14-27-23(30)19-13-18(26-28(19)15-25-27)17-6-4-3-5-7-17/h3-9,12,15,18-19,26H,10-11,13-14H2,1-2H3,(H,24,29). The van der Waals surface area contributed by atoms with Crippen LogP contribution in [0.15, 0.2) is 53.6 Å². The number of hydrazone groups is 1. The van der Waals surface area contributed by atoms with Gasteiger partial charge in [0.15, 0.2) is 11.5 Å². The van der Waals surface area contributed by atoms with Crippen molar-refractivity contribution in [2.75, 3.05) is 27.3 Å². The molecule has 2 amide bonds. The van der Waals surface area contributed by atoms with Crippen LogP contribution in [0.2, 0.25) is 0 Å². The molecule has 2 aliphatic heterocycles. The number of hydrogen-bond acceptors (Lipinski definition) is 7. The van der Waals surface area contributed by atoms with Crippen LogP contribution >= 0.6 is 0 Å². The van der Waals surface area contributed by atoms with Crippen molar-refractivity contribution in [2.45, 2.75) is 24.9 Å². The Kier molecular flexibility index (Phi) is 6.55. The summed E-state index contributed by atoms with van der Waals surface area (Å²) in [5, 5.41) is 9.98. The minimum absolute atomic E-state index is 0.0341. The molecule has 0 bridgehead atoms. The fourth-order valence-electron chi connectivity index (χ4n) is 3.93.